The van der Waals surface area contributed by atoms with Gasteiger partial charge in [-0.2, -0.15) is 0 Å². The average Bonchev–Trinajstić information content (AvgIpc) is 3.01. The van der Waals surface area contributed by atoms with Crippen LogP contribution in [0.3, 0.4) is 0 Å². The fourth-order valence-electron chi connectivity index (χ4n) is 4.70. The molecule has 2 aliphatic rings. The molecule has 0 bridgehead atoms. The van der Waals surface area contributed by atoms with Gasteiger partial charge in [-0.05, 0) is 49.9 Å². The molecule has 10 heteroatoms. The number of piperidine rings is 1. The van der Waals surface area contributed by atoms with Crippen molar-refractivity contribution < 1.29 is 19.5 Å². The molecule has 1 aromatic carbocycles. The van der Waals surface area contributed by atoms with E-state index in [0.29, 0.717) is 18.5 Å². The van der Waals surface area contributed by atoms with Crippen LogP contribution in [0.25, 0.3) is 11.0 Å². The van der Waals surface area contributed by atoms with E-state index in [1.807, 2.05) is 23.1 Å². The number of nitrogens with zero attached hydrogens (tertiary/aromatic N) is 3. The van der Waals surface area contributed by atoms with Gasteiger partial charge in [0.2, 0.25) is 11.8 Å². The van der Waals surface area contributed by atoms with E-state index in [-0.39, 0.29) is 18.0 Å². The Hall–Kier alpha value is -2.98. The fourth-order valence-corrected chi connectivity index (χ4v) is 4.70. The zero-order valence-corrected chi connectivity index (χ0v) is 18.2. The Bertz CT molecular complexity index is 1100. The number of carboxylic acids is 1. The normalized spacial score (nSPS) is 22.3. The number of aliphatic carboxylic acids is 1. The third kappa shape index (κ3) is 4.33. The molecular formula is C22H29N5O5. The molecule has 10 nitrogen and oxygen atoms in total. The van der Waals surface area contributed by atoms with E-state index in [0.717, 1.165) is 50.0 Å². The molecule has 172 valence electrons. The maximum atomic E-state index is 12.8. The summed E-state index contributed by atoms with van der Waals surface area (Å²) < 4.78 is 3.03. The van der Waals surface area contributed by atoms with Gasteiger partial charge in [0, 0.05) is 33.1 Å². The number of rotatable bonds is 7. The molecule has 3 N–H and O–H groups in total. The lowest BCUT2D eigenvalue weighted by atomic mass is 10.0. The number of benzene rings is 1. The molecule has 2 atom stereocenters. The van der Waals surface area contributed by atoms with E-state index in [1.54, 1.807) is 11.6 Å². The van der Waals surface area contributed by atoms with Gasteiger partial charge in [0.05, 0.1) is 11.0 Å². The highest BCUT2D eigenvalue weighted by atomic mass is 16.4. The number of imide groups is 1. The van der Waals surface area contributed by atoms with Crippen molar-refractivity contribution in [3.63, 3.8) is 0 Å². The molecule has 1 aromatic heterocycles. The molecule has 2 aromatic rings. The maximum absolute atomic E-state index is 12.8. The zero-order chi connectivity index (χ0) is 22.8. The third-order valence-corrected chi connectivity index (χ3v) is 6.48. The number of carbonyl (C=O) groups excluding carboxylic acids is 2. The summed E-state index contributed by atoms with van der Waals surface area (Å²) >= 11 is 0. The minimum Gasteiger partial charge on any atom is -0.480 e. The molecule has 2 aliphatic heterocycles. The second-order valence-electron chi connectivity index (χ2n) is 8.55. The quantitative estimate of drug-likeness (QED) is 0.406. The van der Waals surface area contributed by atoms with Crippen LogP contribution in [0, 0.1) is 0 Å². The van der Waals surface area contributed by atoms with Crippen molar-refractivity contribution in [3.05, 3.63) is 34.2 Å². The lowest BCUT2D eigenvalue weighted by molar-refractivity contribution is -0.144. The van der Waals surface area contributed by atoms with Gasteiger partial charge in [0.25, 0.3) is 0 Å². The molecule has 0 spiro atoms. The molecule has 2 fully saturated rings. The third-order valence-electron chi connectivity index (χ3n) is 6.48. The zero-order valence-electron chi connectivity index (χ0n) is 18.2. The number of aromatic nitrogens is 2. The van der Waals surface area contributed by atoms with Gasteiger partial charge in [-0.15, -0.1) is 0 Å². The number of hydrogen-bond donors (Lipinski definition) is 3. The standard InChI is InChI=1S/C22H29N5O5/c1-25-17-12-14(4-2-3-10-26-11-9-23-13-18(26)21(30)31)5-6-15(17)27(22(25)32)16-7-8-19(28)24-20(16)29/h5-6,12,16,18,23H,2-4,7-11,13H2,1H3,(H,30,31)(H,24,28,29)/t16?,18-/m0/s1. The molecular weight excluding hydrogens is 414 g/mol. The van der Waals surface area contributed by atoms with Crippen LogP contribution in [-0.2, 0) is 27.9 Å². The number of carboxylic acid groups (broad SMARTS) is 1. The van der Waals surface area contributed by atoms with Gasteiger partial charge in [0.1, 0.15) is 12.1 Å². The minimum atomic E-state index is -0.788. The average molecular weight is 444 g/mol. The number of amides is 2. The van der Waals surface area contributed by atoms with E-state index in [2.05, 4.69) is 10.6 Å². The molecule has 0 radical (unpaired) electrons. The molecule has 0 saturated carbocycles. The second-order valence-corrected chi connectivity index (χ2v) is 8.55. The molecule has 2 saturated heterocycles. The van der Waals surface area contributed by atoms with Crippen LogP contribution >= 0.6 is 0 Å². The highest BCUT2D eigenvalue weighted by Gasteiger charge is 2.31. The largest absolute Gasteiger partial charge is 0.480 e. The molecule has 1 unspecified atom stereocenters. The summed E-state index contributed by atoms with van der Waals surface area (Å²) in [5, 5.41) is 14.8. The molecule has 0 aliphatic carbocycles. The maximum Gasteiger partial charge on any atom is 0.329 e. The van der Waals surface area contributed by atoms with Crippen LogP contribution in [-0.4, -0.2) is 69.1 Å². The van der Waals surface area contributed by atoms with Gasteiger partial charge < -0.3 is 10.4 Å². The highest BCUT2D eigenvalue weighted by Crippen LogP contribution is 2.24. The summed E-state index contributed by atoms with van der Waals surface area (Å²) in [7, 11) is 1.69. The Morgan fingerprint density at radius 1 is 1.19 bits per heavy atom. The van der Waals surface area contributed by atoms with E-state index in [1.165, 1.54) is 4.57 Å². The van der Waals surface area contributed by atoms with E-state index in [9.17, 15) is 24.3 Å². The van der Waals surface area contributed by atoms with Gasteiger partial charge in [0.15, 0.2) is 0 Å². The van der Waals surface area contributed by atoms with Crippen molar-refractivity contribution in [1.29, 1.82) is 0 Å². The van der Waals surface area contributed by atoms with E-state index >= 15 is 0 Å². The smallest absolute Gasteiger partial charge is 0.329 e. The van der Waals surface area contributed by atoms with E-state index in [4.69, 9.17) is 0 Å². The fraction of sp³-hybridized carbons (Fsp3) is 0.545. The Labute approximate surface area is 185 Å². The first-order valence-electron chi connectivity index (χ1n) is 11.1. The monoisotopic (exact) mass is 443 g/mol. The van der Waals surface area contributed by atoms with Crippen LogP contribution in [0.5, 0.6) is 0 Å². The summed E-state index contributed by atoms with van der Waals surface area (Å²) in [5.41, 5.74) is 2.25. The number of fused-ring (bicyclic) bond motifs is 1. The van der Waals surface area contributed by atoms with Gasteiger partial charge in [-0.3, -0.25) is 33.7 Å². The Morgan fingerprint density at radius 2 is 2.00 bits per heavy atom. The van der Waals surface area contributed by atoms with Crippen molar-refractivity contribution in [2.45, 2.75) is 44.2 Å². The number of carbonyl (C=O) groups is 3. The molecule has 4 rings (SSSR count). The van der Waals surface area contributed by atoms with Crippen molar-refractivity contribution in [2.24, 2.45) is 7.05 Å². The topological polar surface area (TPSA) is 126 Å². The first-order valence-corrected chi connectivity index (χ1v) is 11.1. The number of piperazine rings is 1. The number of nitrogens with one attached hydrogen (secondary N) is 2. The summed E-state index contributed by atoms with van der Waals surface area (Å²) in [6.45, 7) is 2.76. The van der Waals surface area contributed by atoms with Crippen LogP contribution in [0.15, 0.2) is 23.0 Å². The lowest BCUT2D eigenvalue weighted by Crippen LogP contribution is -2.55. The summed E-state index contributed by atoms with van der Waals surface area (Å²) in [6.07, 6.45) is 3.14. The summed E-state index contributed by atoms with van der Waals surface area (Å²) in [5.74, 6) is -1.53. The van der Waals surface area contributed by atoms with Crippen LogP contribution < -0.4 is 16.3 Å². The highest BCUT2D eigenvalue weighted by molar-refractivity contribution is 6.00. The van der Waals surface area contributed by atoms with E-state index < -0.39 is 24.0 Å². The van der Waals surface area contributed by atoms with Gasteiger partial charge >= 0.3 is 11.7 Å². The summed E-state index contributed by atoms with van der Waals surface area (Å²) in [6, 6.07) is 4.66. The Morgan fingerprint density at radius 3 is 2.75 bits per heavy atom. The van der Waals surface area contributed by atoms with Crippen LogP contribution in [0.2, 0.25) is 0 Å². The number of aryl methyl sites for hydroxylation is 2. The number of hydrogen-bond acceptors (Lipinski definition) is 6. The lowest BCUT2D eigenvalue weighted by Gasteiger charge is -2.33. The van der Waals surface area contributed by atoms with Crippen LogP contribution in [0.4, 0.5) is 0 Å². The summed E-state index contributed by atoms with van der Waals surface area (Å²) in [4.78, 5) is 50.0. The Kier molecular flexibility index (Phi) is 6.43. The van der Waals surface area contributed by atoms with Crippen LogP contribution in [0.1, 0.15) is 37.3 Å². The van der Waals surface area contributed by atoms with Crippen molar-refractivity contribution in [1.82, 2.24) is 24.7 Å². The van der Waals surface area contributed by atoms with Gasteiger partial charge in [-0.25, -0.2) is 4.79 Å². The van der Waals surface area contributed by atoms with Crippen molar-refractivity contribution >= 4 is 28.8 Å². The predicted octanol–water partition coefficient (Wildman–Crippen LogP) is -0.00120. The first-order chi connectivity index (χ1) is 15.4. The van der Waals surface area contributed by atoms with Crippen molar-refractivity contribution in [2.75, 3.05) is 26.2 Å². The van der Waals surface area contributed by atoms with Gasteiger partial charge in [-0.1, -0.05) is 6.07 Å². The number of unbranched alkanes of at least 4 members (excludes halogenated alkanes) is 1. The Balaban J connectivity index is 1.43. The molecule has 2 amide bonds. The first kappa shape index (κ1) is 22.2. The number of imidazole rings is 1. The predicted molar refractivity (Wildman–Crippen MR) is 117 cm³/mol. The molecule has 32 heavy (non-hydrogen) atoms. The second kappa shape index (κ2) is 9.25. The minimum absolute atomic E-state index is 0.215. The van der Waals surface area contributed by atoms with Crippen molar-refractivity contribution in [3.8, 4) is 0 Å². The molecule has 3 heterocycles. The SMILES string of the molecule is Cn1c(=O)n(C2CCC(=O)NC2=O)c2ccc(CCCCN3CCNC[C@H]3C(=O)O)cc21.